The molecule has 2 atom stereocenters. The molecule has 0 saturated carbocycles. The Kier molecular flexibility index (Phi) is 6.13. The fraction of sp³-hybridized carbons (Fsp3) is 0.417. The highest BCUT2D eigenvalue weighted by atomic mass is 35.5. The maximum atomic E-state index is 12.7. The van der Waals surface area contributed by atoms with Gasteiger partial charge in [0.05, 0.1) is 12.1 Å². The first-order chi connectivity index (χ1) is 7.43. The average Bonchev–Trinajstić information content (AvgIpc) is 2.27. The number of hydrogen-bond acceptors (Lipinski definition) is 2. The minimum atomic E-state index is -0.520. The maximum Gasteiger partial charge on any atom is 0.239 e. The van der Waals surface area contributed by atoms with Gasteiger partial charge in [-0.1, -0.05) is 12.1 Å². The lowest BCUT2D eigenvalue weighted by Crippen LogP contribution is -2.40. The molecule has 1 aromatic carbocycles. The predicted octanol–water partition coefficient (Wildman–Crippen LogP) is 2.11. The Labute approximate surface area is 107 Å². The lowest BCUT2D eigenvalue weighted by Gasteiger charge is -2.26. The summed E-state index contributed by atoms with van der Waals surface area (Å²) in [5.74, 6) is -0.408. The number of nitrogens with two attached hydrogens (primary N) is 1. The number of nitrogens with zero attached hydrogens (tertiary/aromatic N) is 1. The average molecular weight is 261 g/mol. The smallest absolute Gasteiger partial charge is 0.239 e. The molecular weight excluding hydrogens is 243 g/mol. The summed E-state index contributed by atoms with van der Waals surface area (Å²) in [6.45, 7) is 3.53. The zero-order valence-corrected chi connectivity index (χ0v) is 11.0. The Morgan fingerprint density at radius 2 is 1.76 bits per heavy atom. The van der Waals surface area contributed by atoms with Crippen LogP contribution in [0.5, 0.6) is 0 Å². The van der Waals surface area contributed by atoms with Gasteiger partial charge < -0.3 is 10.6 Å². The van der Waals surface area contributed by atoms with E-state index in [1.165, 1.54) is 12.1 Å². The van der Waals surface area contributed by atoms with Gasteiger partial charge >= 0.3 is 0 Å². The van der Waals surface area contributed by atoms with Gasteiger partial charge in [0.25, 0.3) is 0 Å². The first-order valence-electron chi connectivity index (χ1n) is 5.21. The number of rotatable bonds is 3. The fourth-order valence-corrected chi connectivity index (χ4v) is 1.48. The molecule has 96 valence electrons. The summed E-state index contributed by atoms with van der Waals surface area (Å²) in [7, 11) is 1.69. The van der Waals surface area contributed by atoms with E-state index < -0.39 is 6.04 Å². The number of hydrogen-bond donors (Lipinski definition) is 1. The number of carbonyl (C=O) groups excluding carboxylic acids is 1. The van der Waals surface area contributed by atoms with Gasteiger partial charge in [-0.25, -0.2) is 4.39 Å². The Bertz CT molecular complexity index is 367. The van der Waals surface area contributed by atoms with Crippen molar-refractivity contribution in [2.75, 3.05) is 7.05 Å². The molecule has 2 N–H and O–H groups in total. The van der Waals surface area contributed by atoms with E-state index in [2.05, 4.69) is 0 Å². The van der Waals surface area contributed by atoms with Crippen molar-refractivity contribution in [2.24, 2.45) is 5.73 Å². The molecule has 0 aliphatic rings. The molecule has 3 nitrogen and oxygen atoms in total. The maximum absolute atomic E-state index is 12.7. The zero-order chi connectivity index (χ0) is 12.3. The fourth-order valence-electron chi connectivity index (χ4n) is 1.48. The van der Waals surface area contributed by atoms with Crippen LogP contribution in [0.1, 0.15) is 25.5 Å². The molecule has 1 amide bonds. The van der Waals surface area contributed by atoms with Crippen LogP contribution in [0.4, 0.5) is 4.39 Å². The van der Waals surface area contributed by atoms with E-state index in [1.807, 2.05) is 6.92 Å². The van der Waals surface area contributed by atoms with E-state index in [0.29, 0.717) is 0 Å². The van der Waals surface area contributed by atoms with Crippen molar-refractivity contribution in [1.82, 2.24) is 4.90 Å². The van der Waals surface area contributed by atoms with Gasteiger partial charge in [-0.2, -0.15) is 0 Å². The highest BCUT2D eigenvalue weighted by molar-refractivity contribution is 5.85. The summed E-state index contributed by atoms with van der Waals surface area (Å²) in [5, 5.41) is 0. The van der Waals surface area contributed by atoms with Crippen molar-refractivity contribution in [2.45, 2.75) is 25.9 Å². The second-order valence-corrected chi connectivity index (χ2v) is 3.97. The lowest BCUT2D eigenvalue weighted by molar-refractivity contribution is -0.132. The number of likely N-dealkylation sites (N-methyl/N-ethyl adjacent to an activating group) is 1. The van der Waals surface area contributed by atoms with Crippen LogP contribution in [0.3, 0.4) is 0 Å². The topological polar surface area (TPSA) is 46.3 Å². The SMILES string of the molecule is CC(N)C(=O)N(C)C(C)c1ccc(F)cc1.Cl. The van der Waals surface area contributed by atoms with Gasteiger partial charge in [0.15, 0.2) is 0 Å². The normalized spacial score (nSPS) is 13.5. The molecule has 0 radical (unpaired) electrons. The van der Waals surface area contributed by atoms with Crippen molar-refractivity contribution in [3.05, 3.63) is 35.6 Å². The third-order valence-electron chi connectivity index (χ3n) is 2.67. The monoisotopic (exact) mass is 260 g/mol. The summed E-state index contributed by atoms with van der Waals surface area (Å²) in [6.07, 6.45) is 0. The molecule has 0 aliphatic heterocycles. The Balaban J connectivity index is 0.00000256. The summed E-state index contributed by atoms with van der Waals surface area (Å²) < 4.78 is 12.7. The second kappa shape index (κ2) is 6.57. The molecule has 17 heavy (non-hydrogen) atoms. The van der Waals surface area contributed by atoms with Crippen molar-refractivity contribution >= 4 is 18.3 Å². The van der Waals surface area contributed by atoms with Gasteiger partial charge in [0.1, 0.15) is 5.82 Å². The van der Waals surface area contributed by atoms with Crippen LogP contribution in [0.2, 0.25) is 0 Å². The zero-order valence-electron chi connectivity index (χ0n) is 10.2. The van der Waals surface area contributed by atoms with Crippen molar-refractivity contribution < 1.29 is 9.18 Å². The molecule has 0 aliphatic carbocycles. The van der Waals surface area contributed by atoms with E-state index in [9.17, 15) is 9.18 Å². The largest absolute Gasteiger partial charge is 0.338 e. The first kappa shape index (κ1) is 15.9. The summed E-state index contributed by atoms with van der Waals surface area (Å²) >= 11 is 0. The minimum absolute atomic E-state index is 0. The van der Waals surface area contributed by atoms with E-state index >= 15 is 0 Å². The number of halogens is 2. The molecule has 0 aromatic heterocycles. The molecule has 5 heteroatoms. The molecule has 0 bridgehead atoms. The molecule has 0 spiro atoms. The molecular formula is C12H18ClFN2O. The Morgan fingerprint density at radius 1 is 1.29 bits per heavy atom. The minimum Gasteiger partial charge on any atom is -0.338 e. The van der Waals surface area contributed by atoms with Crippen LogP contribution in [0.15, 0.2) is 24.3 Å². The van der Waals surface area contributed by atoms with Crippen molar-refractivity contribution in [3.63, 3.8) is 0 Å². The summed E-state index contributed by atoms with van der Waals surface area (Å²) in [5.41, 5.74) is 6.41. The second-order valence-electron chi connectivity index (χ2n) is 3.97. The van der Waals surface area contributed by atoms with Gasteiger partial charge in [0, 0.05) is 7.05 Å². The lowest BCUT2D eigenvalue weighted by atomic mass is 10.1. The van der Waals surface area contributed by atoms with Gasteiger partial charge in [-0.15, -0.1) is 12.4 Å². The Hall–Kier alpha value is -1.13. The number of benzene rings is 1. The van der Waals surface area contributed by atoms with Crippen LogP contribution < -0.4 is 5.73 Å². The summed E-state index contributed by atoms with van der Waals surface area (Å²) in [4.78, 5) is 13.2. The first-order valence-corrected chi connectivity index (χ1v) is 5.21. The Morgan fingerprint density at radius 3 is 2.18 bits per heavy atom. The highest BCUT2D eigenvalue weighted by Crippen LogP contribution is 2.19. The third-order valence-corrected chi connectivity index (χ3v) is 2.67. The van der Waals surface area contributed by atoms with E-state index in [1.54, 1.807) is 31.0 Å². The van der Waals surface area contributed by atoms with Crippen LogP contribution in [-0.2, 0) is 4.79 Å². The van der Waals surface area contributed by atoms with Gasteiger partial charge in [-0.05, 0) is 31.5 Å². The van der Waals surface area contributed by atoms with Crippen LogP contribution in [0.25, 0.3) is 0 Å². The summed E-state index contributed by atoms with van der Waals surface area (Å²) in [6, 6.07) is 5.48. The van der Waals surface area contributed by atoms with Crippen molar-refractivity contribution in [3.8, 4) is 0 Å². The standard InChI is InChI=1S/C12H17FN2O.ClH/c1-8(14)12(16)15(3)9(2)10-4-6-11(13)7-5-10;/h4-9H,14H2,1-3H3;1H. The van der Waals surface area contributed by atoms with Gasteiger partial charge in [0.2, 0.25) is 5.91 Å². The van der Waals surface area contributed by atoms with E-state index in [4.69, 9.17) is 5.73 Å². The quantitative estimate of drug-likeness (QED) is 0.905. The third kappa shape index (κ3) is 3.98. The van der Waals surface area contributed by atoms with E-state index in [0.717, 1.165) is 5.56 Å². The number of amides is 1. The van der Waals surface area contributed by atoms with Gasteiger partial charge in [-0.3, -0.25) is 4.79 Å². The highest BCUT2D eigenvalue weighted by Gasteiger charge is 2.19. The molecule has 2 unspecified atom stereocenters. The molecule has 0 saturated heterocycles. The molecule has 1 rings (SSSR count). The van der Waals surface area contributed by atoms with E-state index in [-0.39, 0.29) is 30.2 Å². The van der Waals surface area contributed by atoms with Crippen molar-refractivity contribution in [1.29, 1.82) is 0 Å². The molecule has 1 aromatic rings. The van der Waals surface area contributed by atoms with Crippen LogP contribution in [0, 0.1) is 5.82 Å². The number of carbonyl (C=O) groups is 1. The predicted molar refractivity (Wildman–Crippen MR) is 68.5 cm³/mol. The molecule has 0 fully saturated rings. The van der Waals surface area contributed by atoms with Crippen LogP contribution >= 0.6 is 12.4 Å². The van der Waals surface area contributed by atoms with Crippen LogP contribution in [-0.4, -0.2) is 23.9 Å². The molecule has 0 heterocycles.